The lowest BCUT2D eigenvalue weighted by Gasteiger charge is -2.25. The summed E-state index contributed by atoms with van der Waals surface area (Å²) in [6.45, 7) is 5.37. The predicted molar refractivity (Wildman–Crippen MR) is 93.4 cm³/mol. The van der Waals surface area contributed by atoms with Gasteiger partial charge in [0.2, 0.25) is 0 Å². The molecule has 0 unspecified atom stereocenters. The Morgan fingerprint density at radius 3 is 2.65 bits per heavy atom. The van der Waals surface area contributed by atoms with Gasteiger partial charge in [0, 0.05) is 17.5 Å². The summed E-state index contributed by atoms with van der Waals surface area (Å²) in [5.41, 5.74) is 0.345. The Balaban J connectivity index is 2.00. The van der Waals surface area contributed by atoms with E-state index in [-0.39, 0.29) is 31.0 Å². The van der Waals surface area contributed by atoms with Gasteiger partial charge in [-0.25, -0.2) is 13.9 Å². The molecule has 0 fully saturated rings. The van der Waals surface area contributed by atoms with E-state index < -0.39 is 17.5 Å². The number of nitrogens with one attached hydrogen (secondary N) is 2. The zero-order valence-electron chi connectivity index (χ0n) is 14.9. The molecule has 8 nitrogen and oxygen atoms in total. The fraction of sp³-hybridized carbons (Fsp3) is 0.412. The average Bonchev–Trinajstić information content (AvgIpc) is 2.88. The SMILES string of the molecule is Cc1c(NC(=O)NC(C)(C)CCC(=O)O)nnn1Cc1ccccc1F. The number of halogens is 1. The van der Waals surface area contributed by atoms with Crippen LogP contribution in [0.1, 0.15) is 37.9 Å². The molecule has 1 aromatic carbocycles. The standard InChI is InChI=1S/C17H22FN5O3/c1-11-15(19-16(26)20-17(2,3)9-8-14(24)25)21-22-23(11)10-12-6-4-5-7-13(12)18/h4-7H,8-10H2,1-3H3,(H,24,25)(H2,19,20,26). The monoisotopic (exact) mass is 363 g/mol. The minimum absolute atomic E-state index is 0.0505. The predicted octanol–water partition coefficient (Wildman–Crippen LogP) is 2.54. The number of carbonyl (C=O) groups is 2. The maximum atomic E-state index is 13.8. The van der Waals surface area contributed by atoms with E-state index in [1.165, 1.54) is 10.7 Å². The summed E-state index contributed by atoms with van der Waals surface area (Å²) < 4.78 is 15.2. The Kier molecular flexibility index (Phi) is 5.91. The molecule has 0 radical (unpaired) electrons. The highest BCUT2D eigenvalue weighted by Gasteiger charge is 2.22. The van der Waals surface area contributed by atoms with Crippen LogP contribution in [0.4, 0.5) is 15.0 Å². The Labute approximate surface area is 150 Å². The molecule has 0 saturated heterocycles. The molecule has 0 aliphatic heterocycles. The molecule has 0 aliphatic carbocycles. The molecule has 0 spiro atoms. The number of aromatic nitrogens is 3. The van der Waals surface area contributed by atoms with Crippen molar-refractivity contribution in [1.29, 1.82) is 0 Å². The number of urea groups is 1. The summed E-state index contributed by atoms with van der Waals surface area (Å²) in [6, 6.07) is 5.85. The fourth-order valence-corrected chi connectivity index (χ4v) is 2.34. The second-order valence-electron chi connectivity index (χ2n) is 6.63. The number of anilines is 1. The minimum Gasteiger partial charge on any atom is -0.481 e. The first-order valence-electron chi connectivity index (χ1n) is 8.12. The Morgan fingerprint density at radius 2 is 2.00 bits per heavy atom. The lowest BCUT2D eigenvalue weighted by Crippen LogP contribution is -2.45. The van der Waals surface area contributed by atoms with Crippen molar-refractivity contribution >= 4 is 17.8 Å². The van der Waals surface area contributed by atoms with E-state index in [1.807, 2.05) is 0 Å². The van der Waals surface area contributed by atoms with Gasteiger partial charge in [0.05, 0.1) is 12.2 Å². The second kappa shape index (κ2) is 7.94. The van der Waals surface area contributed by atoms with E-state index in [0.717, 1.165) is 0 Å². The summed E-state index contributed by atoms with van der Waals surface area (Å²) in [5.74, 6) is -1.00. The van der Waals surface area contributed by atoms with E-state index in [0.29, 0.717) is 11.3 Å². The van der Waals surface area contributed by atoms with Crippen molar-refractivity contribution in [3.05, 3.63) is 41.3 Å². The van der Waals surface area contributed by atoms with Crippen molar-refractivity contribution in [3.8, 4) is 0 Å². The van der Waals surface area contributed by atoms with Crippen LogP contribution >= 0.6 is 0 Å². The largest absolute Gasteiger partial charge is 0.481 e. The molecule has 0 atom stereocenters. The first-order chi connectivity index (χ1) is 12.2. The number of hydrogen-bond donors (Lipinski definition) is 3. The molecule has 2 aromatic rings. The molecular formula is C17H22FN5O3. The number of benzene rings is 1. The van der Waals surface area contributed by atoms with Gasteiger partial charge in [0.1, 0.15) is 5.82 Å². The molecule has 1 heterocycles. The molecule has 0 aliphatic rings. The quantitative estimate of drug-likeness (QED) is 0.700. The lowest BCUT2D eigenvalue weighted by atomic mass is 9.99. The summed E-state index contributed by atoms with van der Waals surface area (Å²) in [5, 5.41) is 21.9. The first-order valence-corrected chi connectivity index (χ1v) is 8.12. The van der Waals surface area contributed by atoms with E-state index >= 15 is 0 Å². The Hall–Kier alpha value is -2.97. The summed E-state index contributed by atoms with van der Waals surface area (Å²) >= 11 is 0. The first kappa shape index (κ1) is 19.4. The van der Waals surface area contributed by atoms with E-state index in [4.69, 9.17) is 5.11 Å². The van der Waals surface area contributed by atoms with E-state index in [2.05, 4.69) is 20.9 Å². The number of carboxylic acid groups (broad SMARTS) is 1. The van der Waals surface area contributed by atoms with Gasteiger partial charge in [-0.1, -0.05) is 23.4 Å². The number of hydrogen-bond acceptors (Lipinski definition) is 4. The number of nitrogens with zero attached hydrogens (tertiary/aromatic N) is 3. The van der Waals surface area contributed by atoms with Crippen molar-refractivity contribution in [3.63, 3.8) is 0 Å². The molecular weight excluding hydrogens is 341 g/mol. The van der Waals surface area contributed by atoms with Gasteiger partial charge in [0.15, 0.2) is 5.82 Å². The summed E-state index contributed by atoms with van der Waals surface area (Å²) in [6.07, 6.45) is 0.236. The van der Waals surface area contributed by atoms with Gasteiger partial charge in [0.25, 0.3) is 0 Å². The van der Waals surface area contributed by atoms with Crippen LogP contribution in [0.15, 0.2) is 24.3 Å². The average molecular weight is 363 g/mol. The molecule has 2 amide bonds. The normalized spacial score (nSPS) is 11.2. The number of carboxylic acids is 1. The van der Waals surface area contributed by atoms with Gasteiger partial charge >= 0.3 is 12.0 Å². The van der Waals surface area contributed by atoms with Crippen LogP contribution in [-0.2, 0) is 11.3 Å². The molecule has 9 heteroatoms. The fourth-order valence-electron chi connectivity index (χ4n) is 2.34. The maximum Gasteiger partial charge on any atom is 0.320 e. The number of aliphatic carboxylic acids is 1. The molecule has 26 heavy (non-hydrogen) atoms. The minimum atomic E-state index is -0.924. The summed E-state index contributed by atoms with van der Waals surface area (Å²) in [4.78, 5) is 22.8. The molecule has 1 aromatic heterocycles. The zero-order valence-corrected chi connectivity index (χ0v) is 14.9. The molecule has 2 rings (SSSR count). The van der Waals surface area contributed by atoms with E-state index in [9.17, 15) is 14.0 Å². The van der Waals surface area contributed by atoms with Crippen molar-refractivity contribution in [2.45, 2.75) is 45.7 Å². The van der Waals surface area contributed by atoms with Crippen molar-refractivity contribution in [2.75, 3.05) is 5.32 Å². The highest BCUT2D eigenvalue weighted by Crippen LogP contribution is 2.15. The zero-order chi connectivity index (χ0) is 19.3. The second-order valence-corrected chi connectivity index (χ2v) is 6.63. The van der Waals surface area contributed by atoms with Crippen LogP contribution in [0.3, 0.4) is 0 Å². The topological polar surface area (TPSA) is 109 Å². The molecule has 0 saturated carbocycles. The van der Waals surface area contributed by atoms with Gasteiger partial charge in [-0.3, -0.25) is 10.1 Å². The van der Waals surface area contributed by atoms with Crippen LogP contribution in [0.5, 0.6) is 0 Å². The maximum absolute atomic E-state index is 13.8. The third-order valence-electron chi connectivity index (χ3n) is 3.91. The lowest BCUT2D eigenvalue weighted by molar-refractivity contribution is -0.137. The molecule has 140 valence electrons. The smallest absolute Gasteiger partial charge is 0.320 e. The van der Waals surface area contributed by atoms with Crippen LogP contribution in [0.25, 0.3) is 0 Å². The van der Waals surface area contributed by atoms with Crippen molar-refractivity contribution < 1.29 is 19.1 Å². The van der Waals surface area contributed by atoms with E-state index in [1.54, 1.807) is 39.0 Å². The van der Waals surface area contributed by atoms with Crippen LogP contribution in [0.2, 0.25) is 0 Å². The van der Waals surface area contributed by atoms with Gasteiger partial charge in [-0.2, -0.15) is 0 Å². The number of amides is 2. The van der Waals surface area contributed by atoms with Gasteiger partial charge < -0.3 is 10.4 Å². The van der Waals surface area contributed by atoms with Crippen LogP contribution in [-0.4, -0.2) is 37.6 Å². The van der Waals surface area contributed by atoms with Gasteiger partial charge in [-0.05, 0) is 33.3 Å². The number of rotatable bonds is 7. The third-order valence-corrected chi connectivity index (χ3v) is 3.91. The van der Waals surface area contributed by atoms with Crippen molar-refractivity contribution in [1.82, 2.24) is 20.3 Å². The molecule has 0 bridgehead atoms. The van der Waals surface area contributed by atoms with Crippen LogP contribution in [0, 0.1) is 12.7 Å². The highest BCUT2D eigenvalue weighted by molar-refractivity contribution is 5.89. The third kappa shape index (κ3) is 5.27. The van der Waals surface area contributed by atoms with Gasteiger partial charge in [-0.15, -0.1) is 5.10 Å². The van der Waals surface area contributed by atoms with Crippen LogP contribution < -0.4 is 10.6 Å². The number of carbonyl (C=O) groups excluding carboxylic acids is 1. The highest BCUT2D eigenvalue weighted by atomic mass is 19.1. The Morgan fingerprint density at radius 1 is 1.31 bits per heavy atom. The Bertz CT molecular complexity index is 803. The molecule has 3 N–H and O–H groups in total. The summed E-state index contributed by atoms with van der Waals surface area (Å²) in [7, 11) is 0. The van der Waals surface area contributed by atoms with Crippen molar-refractivity contribution in [2.24, 2.45) is 0 Å².